The molecule has 0 bridgehead atoms. The van der Waals surface area contributed by atoms with Gasteiger partial charge in [0.2, 0.25) is 0 Å². The van der Waals surface area contributed by atoms with E-state index in [9.17, 15) is 14.7 Å². The number of amides is 1. The Bertz CT molecular complexity index is 1200. The maximum atomic E-state index is 13.2. The zero-order chi connectivity index (χ0) is 22.8. The van der Waals surface area contributed by atoms with Crippen LogP contribution < -0.4 is 9.47 Å². The monoisotopic (exact) mass is 449 g/mol. The van der Waals surface area contributed by atoms with Crippen LogP contribution in [-0.4, -0.2) is 35.9 Å². The van der Waals surface area contributed by atoms with E-state index in [1.54, 1.807) is 31.4 Å². The van der Waals surface area contributed by atoms with Gasteiger partial charge in [0.15, 0.2) is 0 Å². The normalized spacial score (nSPS) is 17.6. The molecule has 4 rings (SSSR count). The molecular weight excluding hydrogens is 426 g/mol. The van der Waals surface area contributed by atoms with Crippen molar-refractivity contribution in [2.24, 2.45) is 0 Å². The number of rotatable bonds is 6. The number of aliphatic hydroxyl groups excluding tert-OH is 1. The number of aryl methyl sites for hydroxylation is 1. The molecule has 1 fully saturated rings. The van der Waals surface area contributed by atoms with Crippen molar-refractivity contribution in [2.75, 3.05) is 14.2 Å². The minimum absolute atomic E-state index is 0.0422. The molecule has 1 atom stereocenters. The van der Waals surface area contributed by atoms with E-state index >= 15 is 0 Å². The van der Waals surface area contributed by atoms with E-state index in [0.717, 1.165) is 10.4 Å². The first kappa shape index (κ1) is 21.6. The van der Waals surface area contributed by atoms with Crippen molar-refractivity contribution in [2.45, 2.75) is 19.5 Å². The Morgan fingerprint density at radius 3 is 2.44 bits per heavy atom. The molecule has 0 aliphatic carbocycles. The van der Waals surface area contributed by atoms with Crippen LogP contribution in [0.15, 0.2) is 65.6 Å². The third-order valence-corrected chi connectivity index (χ3v) is 6.41. The summed E-state index contributed by atoms with van der Waals surface area (Å²) < 4.78 is 10.8. The average molecular weight is 450 g/mol. The molecule has 3 aromatic rings. The second-order valence-electron chi connectivity index (χ2n) is 7.43. The summed E-state index contributed by atoms with van der Waals surface area (Å²) in [5, 5.41) is 13.2. The van der Waals surface area contributed by atoms with Gasteiger partial charge in [-0.05, 0) is 48.2 Å². The molecule has 0 spiro atoms. The minimum atomic E-state index is -0.782. The predicted octanol–water partition coefficient (Wildman–Crippen LogP) is 4.70. The lowest BCUT2D eigenvalue weighted by Gasteiger charge is -2.26. The van der Waals surface area contributed by atoms with Gasteiger partial charge in [-0.1, -0.05) is 24.3 Å². The number of thiophene rings is 1. The molecule has 1 amide bonds. The van der Waals surface area contributed by atoms with Crippen molar-refractivity contribution in [1.82, 2.24) is 4.90 Å². The molecule has 1 unspecified atom stereocenters. The zero-order valence-electron chi connectivity index (χ0n) is 18.0. The van der Waals surface area contributed by atoms with Crippen molar-refractivity contribution in [3.8, 4) is 11.5 Å². The summed E-state index contributed by atoms with van der Waals surface area (Å²) in [6.45, 7) is 2.10. The number of ether oxygens (including phenoxy) is 2. The summed E-state index contributed by atoms with van der Waals surface area (Å²) in [6.07, 6.45) is 0. The SMILES string of the molecule is COc1ccc(/C(O)=C2\C(=O)C(=O)N(Cc3cccs3)C2c2ccccc2OC)cc1C. The Labute approximate surface area is 190 Å². The number of methoxy groups -OCH3 is 2. The van der Waals surface area contributed by atoms with Crippen LogP contribution in [0.4, 0.5) is 0 Å². The largest absolute Gasteiger partial charge is 0.507 e. The van der Waals surface area contributed by atoms with Crippen LogP contribution in [0.1, 0.15) is 27.6 Å². The third kappa shape index (κ3) is 3.76. The lowest BCUT2D eigenvalue weighted by atomic mass is 9.94. The number of ketones is 1. The topological polar surface area (TPSA) is 76.1 Å². The lowest BCUT2D eigenvalue weighted by molar-refractivity contribution is -0.140. The Kier molecular flexibility index (Phi) is 6.01. The van der Waals surface area contributed by atoms with Crippen molar-refractivity contribution < 1.29 is 24.2 Å². The van der Waals surface area contributed by atoms with E-state index in [4.69, 9.17) is 9.47 Å². The molecule has 1 aliphatic heterocycles. The Hall–Kier alpha value is -3.58. The molecule has 32 heavy (non-hydrogen) atoms. The Morgan fingerprint density at radius 2 is 1.78 bits per heavy atom. The first-order valence-corrected chi connectivity index (χ1v) is 10.9. The zero-order valence-corrected chi connectivity index (χ0v) is 18.8. The van der Waals surface area contributed by atoms with E-state index in [1.165, 1.54) is 23.3 Å². The molecule has 0 radical (unpaired) electrons. The summed E-state index contributed by atoms with van der Waals surface area (Å²) in [4.78, 5) is 28.7. The van der Waals surface area contributed by atoms with Crippen molar-refractivity contribution in [1.29, 1.82) is 0 Å². The lowest BCUT2D eigenvalue weighted by Crippen LogP contribution is -2.29. The van der Waals surface area contributed by atoms with Crippen LogP contribution in [0, 0.1) is 6.92 Å². The molecule has 1 aromatic heterocycles. The highest BCUT2D eigenvalue weighted by molar-refractivity contribution is 7.09. The van der Waals surface area contributed by atoms with Crippen LogP contribution in [-0.2, 0) is 16.1 Å². The maximum Gasteiger partial charge on any atom is 0.295 e. The smallest absolute Gasteiger partial charge is 0.295 e. The quantitative estimate of drug-likeness (QED) is 0.336. The van der Waals surface area contributed by atoms with Gasteiger partial charge in [0.25, 0.3) is 11.7 Å². The molecule has 164 valence electrons. The molecule has 2 heterocycles. The molecule has 2 aromatic carbocycles. The van der Waals surface area contributed by atoms with Gasteiger partial charge in [-0.25, -0.2) is 0 Å². The van der Waals surface area contributed by atoms with Gasteiger partial charge >= 0.3 is 0 Å². The van der Waals surface area contributed by atoms with Crippen LogP contribution in [0.5, 0.6) is 11.5 Å². The Morgan fingerprint density at radius 1 is 1.03 bits per heavy atom. The number of aliphatic hydroxyl groups is 1. The number of hydrogen-bond acceptors (Lipinski definition) is 6. The fourth-order valence-electron chi connectivity index (χ4n) is 4.01. The van der Waals surface area contributed by atoms with E-state index in [-0.39, 0.29) is 17.9 Å². The number of Topliss-reactive ketones (excluding diaryl/α,β-unsaturated/α-hetero) is 1. The molecule has 1 N–H and O–H groups in total. The van der Waals surface area contributed by atoms with E-state index in [0.29, 0.717) is 22.6 Å². The minimum Gasteiger partial charge on any atom is -0.507 e. The summed E-state index contributed by atoms with van der Waals surface area (Å²) in [6, 6.07) is 15.4. The number of benzene rings is 2. The van der Waals surface area contributed by atoms with Gasteiger partial charge in [-0.3, -0.25) is 9.59 Å². The van der Waals surface area contributed by atoms with Gasteiger partial charge in [0.05, 0.1) is 32.4 Å². The highest BCUT2D eigenvalue weighted by atomic mass is 32.1. The molecule has 1 saturated heterocycles. The number of hydrogen-bond donors (Lipinski definition) is 1. The highest BCUT2D eigenvalue weighted by Crippen LogP contribution is 2.43. The average Bonchev–Trinajstić information content (AvgIpc) is 3.41. The van der Waals surface area contributed by atoms with Crippen molar-refractivity contribution in [3.05, 3.63) is 87.1 Å². The van der Waals surface area contributed by atoms with Gasteiger partial charge in [-0.2, -0.15) is 0 Å². The second-order valence-corrected chi connectivity index (χ2v) is 8.46. The van der Waals surface area contributed by atoms with E-state index in [2.05, 4.69) is 0 Å². The van der Waals surface area contributed by atoms with E-state index in [1.807, 2.05) is 42.6 Å². The number of nitrogens with zero attached hydrogens (tertiary/aromatic N) is 1. The summed E-state index contributed by atoms with van der Waals surface area (Å²) in [7, 11) is 3.11. The standard InChI is InChI=1S/C25H23NO5S/c1-15-13-16(10-11-19(15)30-2)23(27)21-22(18-8-4-5-9-20(18)31-3)26(25(29)24(21)28)14-17-7-6-12-32-17/h4-13,22,27H,14H2,1-3H3/b23-21+. The van der Waals surface area contributed by atoms with Gasteiger partial charge in [0.1, 0.15) is 17.3 Å². The molecular formula is C25H23NO5S. The predicted molar refractivity (Wildman–Crippen MR) is 123 cm³/mol. The number of likely N-dealkylation sites (tertiary alicyclic amines) is 1. The molecule has 6 nitrogen and oxygen atoms in total. The summed E-state index contributed by atoms with van der Waals surface area (Å²) in [5.41, 5.74) is 1.92. The van der Waals surface area contributed by atoms with Gasteiger partial charge < -0.3 is 19.5 Å². The van der Waals surface area contributed by atoms with E-state index < -0.39 is 17.7 Å². The second kappa shape index (κ2) is 8.88. The van der Waals surface area contributed by atoms with Crippen LogP contribution >= 0.6 is 11.3 Å². The fourth-order valence-corrected chi connectivity index (χ4v) is 4.71. The maximum absolute atomic E-state index is 13.2. The summed E-state index contributed by atoms with van der Waals surface area (Å²) in [5.74, 6) is -0.392. The summed E-state index contributed by atoms with van der Waals surface area (Å²) >= 11 is 1.50. The van der Waals surface area contributed by atoms with Crippen molar-refractivity contribution >= 4 is 28.8 Å². The van der Waals surface area contributed by atoms with Crippen molar-refractivity contribution in [3.63, 3.8) is 0 Å². The molecule has 7 heteroatoms. The van der Waals surface area contributed by atoms with Crippen LogP contribution in [0.25, 0.3) is 5.76 Å². The molecule has 0 saturated carbocycles. The van der Waals surface area contributed by atoms with Gasteiger partial charge in [0, 0.05) is 16.0 Å². The Balaban J connectivity index is 1.90. The molecule has 1 aliphatic rings. The number of carbonyl (C=O) groups is 2. The first-order valence-electron chi connectivity index (χ1n) is 10.0. The highest BCUT2D eigenvalue weighted by Gasteiger charge is 2.47. The number of para-hydroxylation sites is 1. The fraction of sp³-hybridized carbons (Fsp3) is 0.200. The van der Waals surface area contributed by atoms with Crippen LogP contribution in [0.2, 0.25) is 0 Å². The number of carbonyl (C=O) groups excluding carboxylic acids is 2. The van der Waals surface area contributed by atoms with Crippen LogP contribution in [0.3, 0.4) is 0 Å². The first-order chi connectivity index (χ1) is 15.5. The van der Waals surface area contributed by atoms with Gasteiger partial charge in [-0.15, -0.1) is 11.3 Å². The third-order valence-electron chi connectivity index (χ3n) is 5.55.